The van der Waals surface area contributed by atoms with Crippen LogP contribution in [0.3, 0.4) is 0 Å². The van der Waals surface area contributed by atoms with E-state index in [1.807, 2.05) is 13.8 Å². The molecule has 0 aliphatic heterocycles. The summed E-state index contributed by atoms with van der Waals surface area (Å²) in [5.41, 5.74) is 7.27. The van der Waals surface area contributed by atoms with Crippen LogP contribution in [0.2, 0.25) is 0 Å². The van der Waals surface area contributed by atoms with Crippen LogP contribution in [0.25, 0.3) is 0 Å². The van der Waals surface area contributed by atoms with Crippen molar-refractivity contribution in [3.63, 3.8) is 0 Å². The minimum atomic E-state index is -3.94. The van der Waals surface area contributed by atoms with E-state index in [9.17, 15) is 31.9 Å². The smallest absolute Gasteiger partial charge is 0.407 e. The molecule has 13 heteroatoms. The zero-order valence-electron chi connectivity index (χ0n) is 28.7. The van der Waals surface area contributed by atoms with Gasteiger partial charge in [0.05, 0.1) is 18.6 Å². The maximum atomic E-state index is 14.1. The number of aliphatic hydroxyl groups excluding tert-OH is 1. The summed E-state index contributed by atoms with van der Waals surface area (Å²) in [5, 5.41) is 16.2. The number of rotatable bonds is 18. The summed E-state index contributed by atoms with van der Waals surface area (Å²) in [4.78, 5) is 26.8. The molecule has 2 amide bonds. The van der Waals surface area contributed by atoms with Gasteiger partial charge in [0.1, 0.15) is 17.7 Å². The van der Waals surface area contributed by atoms with Crippen molar-refractivity contribution in [3.05, 3.63) is 95.6 Å². The zero-order valence-corrected chi connectivity index (χ0v) is 29.5. The van der Waals surface area contributed by atoms with Crippen molar-refractivity contribution in [2.24, 2.45) is 11.8 Å². The zero-order chi connectivity index (χ0) is 36.4. The first kappa shape index (κ1) is 38.7. The molecule has 0 saturated heterocycles. The molecule has 3 unspecified atom stereocenters. The van der Waals surface area contributed by atoms with E-state index in [4.69, 9.17) is 10.5 Å². The molecule has 3 aromatic carbocycles. The van der Waals surface area contributed by atoms with Crippen LogP contribution in [-0.2, 0) is 19.6 Å². The predicted octanol–water partition coefficient (Wildman–Crippen LogP) is 5.57. The van der Waals surface area contributed by atoms with Crippen LogP contribution in [0, 0.1) is 23.5 Å². The van der Waals surface area contributed by atoms with Gasteiger partial charge in [-0.25, -0.2) is 22.0 Å². The summed E-state index contributed by atoms with van der Waals surface area (Å²) < 4.78 is 61.6. The van der Waals surface area contributed by atoms with Gasteiger partial charge < -0.3 is 26.2 Å². The molecule has 3 atom stereocenters. The lowest BCUT2D eigenvalue weighted by Crippen LogP contribution is -2.53. The number of nitrogens with one attached hydrogen (secondary N) is 2. The molecule has 50 heavy (non-hydrogen) atoms. The first-order valence-corrected chi connectivity index (χ1v) is 18.4. The number of sulfonamides is 1. The number of amides is 2. The number of carbonyl (C=O) groups excluding carboxylic acids is 2. The lowest BCUT2D eigenvalue weighted by atomic mass is 9.84. The molecule has 272 valence electrons. The average molecular weight is 715 g/mol. The Labute approximate surface area is 293 Å². The number of ether oxygens (including phenoxy) is 1. The number of benzene rings is 3. The van der Waals surface area contributed by atoms with Crippen molar-refractivity contribution in [1.82, 2.24) is 14.9 Å². The van der Waals surface area contributed by atoms with Crippen molar-refractivity contribution in [3.8, 4) is 0 Å². The Morgan fingerprint density at radius 2 is 1.46 bits per heavy atom. The molecular weight excluding hydrogens is 666 g/mol. The van der Waals surface area contributed by atoms with Crippen molar-refractivity contribution in [1.29, 1.82) is 0 Å². The highest BCUT2D eigenvalue weighted by atomic mass is 32.2. The number of nitrogen functional groups attached to an aromatic ring is 1. The minimum Gasteiger partial charge on any atom is -0.453 e. The van der Waals surface area contributed by atoms with Crippen molar-refractivity contribution >= 4 is 27.7 Å². The molecule has 1 saturated carbocycles. The summed E-state index contributed by atoms with van der Waals surface area (Å²) in [6.45, 7) is 3.86. The number of carbonyl (C=O) groups is 2. The maximum Gasteiger partial charge on any atom is 0.407 e. The topological polar surface area (TPSA) is 151 Å². The van der Waals surface area contributed by atoms with Crippen molar-refractivity contribution in [2.75, 3.05) is 26.0 Å². The van der Waals surface area contributed by atoms with E-state index in [-0.39, 0.29) is 35.9 Å². The van der Waals surface area contributed by atoms with Gasteiger partial charge in [-0.1, -0.05) is 38.1 Å². The molecule has 0 heterocycles. The van der Waals surface area contributed by atoms with E-state index >= 15 is 0 Å². The lowest BCUT2D eigenvalue weighted by Gasteiger charge is -2.31. The van der Waals surface area contributed by atoms with Gasteiger partial charge >= 0.3 is 6.09 Å². The molecule has 0 spiro atoms. The van der Waals surface area contributed by atoms with Gasteiger partial charge in [0.15, 0.2) is 0 Å². The maximum absolute atomic E-state index is 14.1. The summed E-state index contributed by atoms with van der Waals surface area (Å²) in [6.07, 6.45) is 2.86. The first-order valence-electron chi connectivity index (χ1n) is 17.0. The highest BCUT2D eigenvalue weighted by molar-refractivity contribution is 7.89. The Balaban J connectivity index is 1.55. The number of hydrogen-bond donors (Lipinski definition) is 4. The highest BCUT2D eigenvalue weighted by Gasteiger charge is 2.38. The molecule has 0 bridgehead atoms. The fraction of sp³-hybridized carbons (Fsp3) is 0.459. The second kappa shape index (κ2) is 17.7. The standard InChI is InChI=1S/C37H48F2N4O6S/c1-24(2)21-22-43(50(47,48)32-19-17-30(40)18-20-32)31(23-44)5-4-6-33(25-7-8-25)41-36(45)35(42-37(46)49-3)34(26-9-13-28(38)14-10-26)27-11-15-29(39)16-12-27/h9-20,24-25,31,33-35,44H,4-8,21-23,40H2,1-3H3,(H,41,45)(H,42,46). The second-order valence-corrected chi connectivity index (χ2v) is 15.2. The number of methoxy groups -OCH3 is 1. The third-order valence-corrected chi connectivity index (χ3v) is 11.1. The number of hydrogen-bond acceptors (Lipinski definition) is 7. The van der Waals surface area contributed by atoms with Crippen LogP contribution < -0.4 is 16.4 Å². The Bertz CT molecular complexity index is 1610. The summed E-state index contributed by atoms with van der Waals surface area (Å²) in [6, 6.07) is 14.8. The average Bonchev–Trinajstić information content (AvgIpc) is 3.94. The number of nitrogens with zero attached hydrogens (tertiary/aromatic N) is 1. The van der Waals surface area contributed by atoms with E-state index < -0.39 is 51.7 Å². The Morgan fingerprint density at radius 1 is 0.900 bits per heavy atom. The van der Waals surface area contributed by atoms with Crippen LogP contribution in [0.5, 0.6) is 0 Å². The fourth-order valence-corrected chi connectivity index (χ4v) is 7.82. The lowest BCUT2D eigenvalue weighted by molar-refractivity contribution is -0.124. The van der Waals surface area contributed by atoms with Crippen LogP contribution in [0.4, 0.5) is 19.3 Å². The molecule has 1 aliphatic carbocycles. The predicted molar refractivity (Wildman–Crippen MR) is 188 cm³/mol. The minimum absolute atomic E-state index is 0.0954. The monoisotopic (exact) mass is 714 g/mol. The van der Waals surface area contributed by atoms with E-state index in [1.165, 1.54) is 84.2 Å². The van der Waals surface area contributed by atoms with Gasteiger partial charge in [-0.3, -0.25) is 4.79 Å². The van der Waals surface area contributed by atoms with Crippen molar-refractivity contribution in [2.45, 2.75) is 81.3 Å². The molecule has 4 rings (SSSR count). The molecule has 0 radical (unpaired) electrons. The van der Waals surface area contributed by atoms with Gasteiger partial charge in [-0.05, 0) is 110 Å². The Morgan fingerprint density at radius 3 is 1.94 bits per heavy atom. The van der Waals surface area contributed by atoms with Gasteiger partial charge in [0.2, 0.25) is 15.9 Å². The molecule has 1 aliphatic rings. The summed E-state index contributed by atoms with van der Waals surface area (Å²) in [7, 11) is -2.76. The summed E-state index contributed by atoms with van der Waals surface area (Å²) in [5.74, 6) is -1.87. The second-order valence-electron chi connectivity index (χ2n) is 13.3. The fourth-order valence-electron chi connectivity index (χ4n) is 6.16. The van der Waals surface area contributed by atoms with Crippen LogP contribution >= 0.6 is 0 Å². The third kappa shape index (κ3) is 10.5. The number of aliphatic hydroxyl groups is 1. The van der Waals surface area contributed by atoms with Crippen LogP contribution in [0.15, 0.2) is 77.7 Å². The Kier molecular flexibility index (Phi) is 13.7. The highest BCUT2D eigenvalue weighted by Crippen LogP contribution is 2.36. The number of alkyl carbamates (subject to hydrolysis) is 1. The van der Waals surface area contributed by atoms with E-state index in [0.717, 1.165) is 12.8 Å². The van der Waals surface area contributed by atoms with Gasteiger partial charge in [0, 0.05) is 30.2 Å². The largest absolute Gasteiger partial charge is 0.453 e. The van der Waals surface area contributed by atoms with Crippen molar-refractivity contribution < 1.29 is 36.6 Å². The molecule has 5 N–H and O–H groups in total. The Hall–Kier alpha value is -4.07. The molecule has 10 nitrogen and oxygen atoms in total. The molecular formula is C37H48F2N4O6S. The first-order chi connectivity index (χ1) is 23.8. The van der Waals surface area contributed by atoms with Gasteiger partial charge in [0.25, 0.3) is 0 Å². The SMILES string of the molecule is COC(=O)NC(C(=O)NC(CCCC(CO)N(CCC(C)C)S(=O)(=O)c1ccc(N)cc1)C1CC1)C(c1ccc(F)cc1)c1ccc(F)cc1. The normalized spacial score (nSPS) is 15.1. The van der Waals surface area contributed by atoms with Gasteiger partial charge in [-0.15, -0.1) is 0 Å². The number of anilines is 1. The number of halogens is 2. The van der Waals surface area contributed by atoms with E-state index in [0.29, 0.717) is 42.5 Å². The third-order valence-electron chi connectivity index (χ3n) is 9.14. The van der Waals surface area contributed by atoms with E-state index in [2.05, 4.69) is 10.6 Å². The quantitative estimate of drug-likeness (QED) is 0.126. The molecule has 1 fully saturated rings. The van der Waals surface area contributed by atoms with Crippen LogP contribution in [0.1, 0.15) is 69.4 Å². The number of nitrogens with two attached hydrogens (primary N) is 1. The van der Waals surface area contributed by atoms with Crippen LogP contribution in [-0.4, -0.2) is 68.2 Å². The summed E-state index contributed by atoms with van der Waals surface area (Å²) >= 11 is 0. The van der Waals surface area contributed by atoms with Gasteiger partial charge in [-0.2, -0.15) is 4.31 Å². The molecule has 0 aromatic heterocycles. The van der Waals surface area contributed by atoms with E-state index in [1.54, 1.807) is 0 Å². The molecule has 3 aromatic rings.